The molecule has 0 saturated heterocycles. The van der Waals surface area contributed by atoms with Crippen LogP contribution in [0.2, 0.25) is 0 Å². The van der Waals surface area contributed by atoms with E-state index >= 15 is 0 Å². The Morgan fingerprint density at radius 3 is 1.85 bits per heavy atom. The molecule has 0 saturated carbocycles. The van der Waals surface area contributed by atoms with E-state index in [0.717, 1.165) is 0 Å². The predicted molar refractivity (Wildman–Crippen MR) is 103 cm³/mol. The Labute approximate surface area is 153 Å². The van der Waals surface area contributed by atoms with Crippen LogP contribution in [0.3, 0.4) is 0 Å². The number of benzene rings is 1. The van der Waals surface area contributed by atoms with E-state index in [1.165, 1.54) is 18.8 Å². The van der Waals surface area contributed by atoms with E-state index in [1.54, 1.807) is 16.7 Å². The maximum absolute atomic E-state index is 13.0. The van der Waals surface area contributed by atoms with Crippen molar-refractivity contribution < 1.29 is 9.47 Å². The number of ether oxygens (including phenoxy) is 2. The van der Waals surface area contributed by atoms with E-state index in [4.69, 9.17) is 9.47 Å². The smallest absolute Gasteiger partial charge is 0.331 e. The molecule has 2 rings (SSSR count). The standard InChI is InChI=1S/C18H28N4O4/c1-19(2)7-9-21-14-12-16(26-6)15(25-5)11-13(14)17(23)22(18(21)24)10-8-20(3)4/h11-12H,7-10H2,1-6H3. The first-order valence-corrected chi connectivity index (χ1v) is 8.49. The van der Waals surface area contributed by atoms with Crippen LogP contribution in [0.15, 0.2) is 21.7 Å². The topological polar surface area (TPSA) is 68.9 Å². The maximum Gasteiger partial charge on any atom is 0.331 e. The third kappa shape index (κ3) is 4.08. The fraction of sp³-hybridized carbons (Fsp3) is 0.556. The van der Waals surface area contributed by atoms with E-state index < -0.39 is 0 Å². The summed E-state index contributed by atoms with van der Waals surface area (Å²) in [6.07, 6.45) is 0. The van der Waals surface area contributed by atoms with Crippen molar-refractivity contribution in [3.05, 3.63) is 33.0 Å². The number of hydrogen-bond donors (Lipinski definition) is 0. The molecule has 0 aliphatic heterocycles. The summed E-state index contributed by atoms with van der Waals surface area (Å²) in [6.45, 7) is 2.08. The van der Waals surface area contributed by atoms with Crippen LogP contribution in [0, 0.1) is 0 Å². The van der Waals surface area contributed by atoms with Crippen LogP contribution in [0.5, 0.6) is 11.5 Å². The third-order valence-corrected chi connectivity index (χ3v) is 4.27. The van der Waals surface area contributed by atoms with Gasteiger partial charge < -0.3 is 19.3 Å². The Morgan fingerprint density at radius 2 is 1.35 bits per heavy atom. The molecular formula is C18H28N4O4. The molecule has 8 heteroatoms. The molecule has 144 valence electrons. The predicted octanol–water partition coefficient (Wildman–Crippen LogP) is 0.304. The molecule has 1 heterocycles. The molecular weight excluding hydrogens is 336 g/mol. The van der Waals surface area contributed by atoms with Crippen LogP contribution in [-0.2, 0) is 13.1 Å². The van der Waals surface area contributed by atoms with E-state index in [0.29, 0.717) is 48.6 Å². The van der Waals surface area contributed by atoms with Crippen molar-refractivity contribution in [1.29, 1.82) is 0 Å². The molecule has 0 amide bonds. The molecule has 1 aromatic heterocycles. The van der Waals surface area contributed by atoms with Gasteiger partial charge in [0, 0.05) is 32.2 Å². The zero-order valence-corrected chi connectivity index (χ0v) is 16.4. The van der Waals surface area contributed by atoms with Gasteiger partial charge in [-0.05, 0) is 34.3 Å². The minimum absolute atomic E-state index is 0.307. The molecule has 1 aromatic carbocycles. The molecule has 0 radical (unpaired) electrons. The third-order valence-electron chi connectivity index (χ3n) is 4.27. The largest absolute Gasteiger partial charge is 0.493 e. The molecule has 26 heavy (non-hydrogen) atoms. The van der Waals surface area contributed by atoms with Crippen molar-refractivity contribution in [2.24, 2.45) is 0 Å². The molecule has 0 unspecified atom stereocenters. The van der Waals surface area contributed by atoms with Crippen molar-refractivity contribution in [2.75, 3.05) is 55.5 Å². The van der Waals surface area contributed by atoms with Gasteiger partial charge in [0.15, 0.2) is 11.5 Å². The molecule has 2 aromatic rings. The fourth-order valence-electron chi connectivity index (χ4n) is 2.76. The van der Waals surface area contributed by atoms with Gasteiger partial charge in [0.05, 0.1) is 25.1 Å². The number of methoxy groups -OCH3 is 2. The van der Waals surface area contributed by atoms with Gasteiger partial charge in [-0.3, -0.25) is 13.9 Å². The zero-order valence-electron chi connectivity index (χ0n) is 16.4. The summed E-state index contributed by atoms with van der Waals surface area (Å²) in [4.78, 5) is 29.9. The molecule has 0 atom stereocenters. The van der Waals surface area contributed by atoms with Crippen LogP contribution in [0.25, 0.3) is 10.9 Å². The minimum Gasteiger partial charge on any atom is -0.493 e. The highest BCUT2D eigenvalue weighted by atomic mass is 16.5. The van der Waals surface area contributed by atoms with Gasteiger partial charge in [-0.1, -0.05) is 0 Å². The van der Waals surface area contributed by atoms with Gasteiger partial charge in [0.25, 0.3) is 5.56 Å². The lowest BCUT2D eigenvalue weighted by Gasteiger charge is -2.18. The van der Waals surface area contributed by atoms with Crippen LogP contribution < -0.4 is 20.7 Å². The van der Waals surface area contributed by atoms with Gasteiger partial charge in [-0.2, -0.15) is 0 Å². The Bertz CT molecular complexity index is 883. The summed E-state index contributed by atoms with van der Waals surface area (Å²) in [5.74, 6) is 0.956. The van der Waals surface area contributed by atoms with E-state index in [2.05, 4.69) is 0 Å². The molecule has 0 fully saturated rings. The molecule has 0 N–H and O–H groups in total. The summed E-state index contributed by atoms with van der Waals surface area (Å²) in [5.41, 5.74) is -0.0621. The number of fused-ring (bicyclic) bond motifs is 1. The van der Waals surface area contributed by atoms with Gasteiger partial charge in [0.2, 0.25) is 0 Å². The Balaban J connectivity index is 2.76. The second-order valence-electron chi connectivity index (χ2n) is 6.72. The van der Waals surface area contributed by atoms with Crippen molar-refractivity contribution in [1.82, 2.24) is 18.9 Å². The van der Waals surface area contributed by atoms with Crippen LogP contribution in [0.1, 0.15) is 0 Å². The summed E-state index contributed by atoms with van der Waals surface area (Å²) >= 11 is 0. The Morgan fingerprint density at radius 1 is 0.846 bits per heavy atom. The second-order valence-corrected chi connectivity index (χ2v) is 6.72. The van der Waals surface area contributed by atoms with Gasteiger partial charge >= 0.3 is 5.69 Å². The van der Waals surface area contributed by atoms with Gasteiger partial charge in [0.1, 0.15) is 0 Å². The quantitative estimate of drug-likeness (QED) is 0.671. The highest BCUT2D eigenvalue weighted by Crippen LogP contribution is 2.30. The average Bonchev–Trinajstić information content (AvgIpc) is 2.59. The number of aromatic nitrogens is 2. The monoisotopic (exact) mass is 364 g/mol. The maximum atomic E-state index is 13.0. The molecule has 0 aliphatic carbocycles. The van der Waals surface area contributed by atoms with Crippen LogP contribution in [0.4, 0.5) is 0 Å². The highest BCUT2D eigenvalue weighted by molar-refractivity contribution is 5.82. The first-order chi connectivity index (χ1) is 12.3. The summed E-state index contributed by atoms with van der Waals surface area (Å²) in [5, 5.41) is 0.444. The van der Waals surface area contributed by atoms with Crippen LogP contribution >= 0.6 is 0 Å². The average molecular weight is 364 g/mol. The van der Waals surface area contributed by atoms with E-state index in [-0.39, 0.29) is 11.2 Å². The van der Waals surface area contributed by atoms with Crippen molar-refractivity contribution in [2.45, 2.75) is 13.1 Å². The summed E-state index contributed by atoms with van der Waals surface area (Å²) < 4.78 is 13.6. The van der Waals surface area contributed by atoms with Gasteiger partial charge in [-0.15, -0.1) is 0 Å². The number of rotatable bonds is 8. The number of likely N-dealkylation sites (N-methyl/N-ethyl adjacent to an activating group) is 2. The first kappa shape index (κ1) is 20.0. The Hall–Kier alpha value is -2.32. The molecule has 0 aliphatic rings. The van der Waals surface area contributed by atoms with Crippen molar-refractivity contribution in [3.63, 3.8) is 0 Å². The highest BCUT2D eigenvalue weighted by Gasteiger charge is 2.17. The fourth-order valence-corrected chi connectivity index (χ4v) is 2.76. The number of hydrogen-bond acceptors (Lipinski definition) is 6. The van der Waals surface area contributed by atoms with Crippen molar-refractivity contribution >= 4 is 10.9 Å². The number of nitrogens with zero attached hydrogens (tertiary/aromatic N) is 4. The second kappa shape index (κ2) is 8.37. The molecule has 0 spiro atoms. The molecule has 8 nitrogen and oxygen atoms in total. The summed E-state index contributed by atoms with van der Waals surface area (Å²) in [6, 6.07) is 3.34. The van der Waals surface area contributed by atoms with E-state index in [9.17, 15) is 9.59 Å². The lowest BCUT2D eigenvalue weighted by atomic mass is 10.2. The van der Waals surface area contributed by atoms with Crippen LogP contribution in [-0.4, -0.2) is 74.4 Å². The SMILES string of the molecule is COc1cc2c(=O)n(CCN(C)C)c(=O)n(CCN(C)C)c2cc1OC. The zero-order chi connectivity index (χ0) is 19.4. The summed E-state index contributed by atoms with van der Waals surface area (Å²) in [7, 11) is 10.8. The molecule has 0 bridgehead atoms. The van der Waals surface area contributed by atoms with E-state index in [1.807, 2.05) is 38.0 Å². The lowest BCUT2D eigenvalue weighted by molar-refractivity contribution is 0.353. The first-order valence-electron chi connectivity index (χ1n) is 8.49. The van der Waals surface area contributed by atoms with Crippen molar-refractivity contribution in [3.8, 4) is 11.5 Å². The van der Waals surface area contributed by atoms with Gasteiger partial charge in [-0.25, -0.2) is 4.79 Å². The minimum atomic E-state index is -0.311. The Kier molecular flexibility index (Phi) is 6.44. The lowest BCUT2D eigenvalue weighted by Crippen LogP contribution is -2.43. The normalized spacial score (nSPS) is 11.5.